The lowest BCUT2D eigenvalue weighted by Crippen LogP contribution is -2.04. The van der Waals surface area contributed by atoms with Gasteiger partial charge in [-0.1, -0.05) is 23.4 Å². The van der Waals surface area contributed by atoms with Gasteiger partial charge in [0.25, 0.3) is 5.56 Å². The van der Waals surface area contributed by atoms with Crippen LogP contribution in [0, 0.1) is 23.2 Å². The number of nitrogens with one attached hydrogen (secondary N) is 1. The standard InChI is InChI=1S/C9H5ClN2O/c10-8-5-7(3-1-2-4-11)6-12-9(8)13/h5-6H,2H2,(H,12,13). The molecule has 0 bridgehead atoms. The molecule has 0 unspecified atom stereocenters. The molecule has 1 heterocycles. The molecule has 1 aromatic heterocycles. The number of nitriles is 1. The quantitative estimate of drug-likeness (QED) is 0.630. The molecular weight excluding hydrogens is 188 g/mol. The zero-order valence-electron chi connectivity index (χ0n) is 6.60. The molecule has 0 amide bonds. The summed E-state index contributed by atoms with van der Waals surface area (Å²) in [5, 5.41) is 8.31. The number of H-pyrrole nitrogens is 1. The van der Waals surface area contributed by atoms with E-state index < -0.39 is 0 Å². The second-order valence-corrected chi connectivity index (χ2v) is 2.61. The van der Waals surface area contributed by atoms with Gasteiger partial charge in [-0.3, -0.25) is 4.79 Å². The Labute approximate surface area is 80.0 Å². The number of aromatic nitrogens is 1. The molecule has 0 saturated carbocycles. The first-order valence-corrected chi connectivity index (χ1v) is 3.86. The summed E-state index contributed by atoms with van der Waals surface area (Å²) in [6.45, 7) is 0. The van der Waals surface area contributed by atoms with Gasteiger partial charge >= 0.3 is 0 Å². The van der Waals surface area contributed by atoms with E-state index in [-0.39, 0.29) is 17.0 Å². The van der Waals surface area contributed by atoms with Gasteiger partial charge in [0.05, 0.1) is 12.5 Å². The first-order valence-electron chi connectivity index (χ1n) is 3.48. The number of pyridine rings is 1. The first-order chi connectivity index (χ1) is 6.24. The number of hydrogen-bond donors (Lipinski definition) is 1. The van der Waals surface area contributed by atoms with Crippen molar-refractivity contribution in [2.45, 2.75) is 6.42 Å². The summed E-state index contributed by atoms with van der Waals surface area (Å²) in [5.74, 6) is 5.29. The van der Waals surface area contributed by atoms with Crippen molar-refractivity contribution in [2.75, 3.05) is 0 Å². The van der Waals surface area contributed by atoms with Crippen LogP contribution in [-0.4, -0.2) is 4.98 Å². The summed E-state index contributed by atoms with van der Waals surface area (Å²) in [7, 11) is 0. The third-order valence-corrected chi connectivity index (χ3v) is 1.54. The molecule has 0 aliphatic rings. The van der Waals surface area contributed by atoms with Crippen molar-refractivity contribution in [1.82, 2.24) is 4.98 Å². The van der Waals surface area contributed by atoms with Gasteiger partial charge in [-0.25, -0.2) is 0 Å². The van der Waals surface area contributed by atoms with Crippen LogP contribution in [0.15, 0.2) is 17.1 Å². The monoisotopic (exact) mass is 192 g/mol. The maximum absolute atomic E-state index is 10.8. The average molecular weight is 193 g/mol. The Morgan fingerprint density at radius 1 is 1.62 bits per heavy atom. The summed E-state index contributed by atoms with van der Waals surface area (Å²) in [5.41, 5.74) is 0.257. The lowest BCUT2D eigenvalue weighted by molar-refractivity contribution is 1.23. The fourth-order valence-corrected chi connectivity index (χ4v) is 0.886. The van der Waals surface area contributed by atoms with Crippen LogP contribution < -0.4 is 5.56 Å². The van der Waals surface area contributed by atoms with Crippen LogP contribution in [0.2, 0.25) is 5.02 Å². The van der Waals surface area contributed by atoms with Gasteiger partial charge in [-0.05, 0) is 6.07 Å². The predicted octanol–water partition coefficient (Wildman–Crippen LogP) is 1.29. The molecular formula is C9H5ClN2O. The van der Waals surface area contributed by atoms with Crippen LogP contribution in [0.25, 0.3) is 0 Å². The Kier molecular flexibility index (Phi) is 3.14. The summed E-state index contributed by atoms with van der Waals surface area (Å²) in [4.78, 5) is 13.2. The van der Waals surface area contributed by atoms with Crippen molar-refractivity contribution in [3.8, 4) is 17.9 Å². The molecule has 0 radical (unpaired) electrons. The molecule has 1 N–H and O–H groups in total. The fourth-order valence-electron chi connectivity index (χ4n) is 0.714. The van der Waals surface area contributed by atoms with E-state index in [0.29, 0.717) is 5.56 Å². The molecule has 0 aliphatic carbocycles. The lowest BCUT2D eigenvalue weighted by Gasteiger charge is -1.89. The Morgan fingerprint density at radius 3 is 3.00 bits per heavy atom. The number of hydrogen-bond acceptors (Lipinski definition) is 2. The molecule has 0 fully saturated rings. The number of nitrogens with zero attached hydrogens (tertiary/aromatic N) is 1. The highest BCUT2D eigenvalue weighted by atomic mass is 35.5. The van der Waals surface area contributed by atoms with E-state index >= 15 is 0 Å². The van der Waals surface area contributed by atoms with Crippen molar-refractivity contribution < 1.29 is 0 Å². The molecule has 3 nitrogen and oxygen atoms in total. The van der Waals surface area contributed by atoms with E-state index in [9.17, 15) is 4.79 Å². The summed E-state index contributed by atoms with van der Waals surface area (Å²) >= 11 is 5.55. The van der Waals surface area contributed by atoms with Gasteiger partial charge in [0, 0.05) is 11.8 Å². The Hall–Kier alpha value is -1.71. The van der Waals surface area contributed by atoms with Crippen LogP contribution in [0.4, 0.5) is 0 Å². The van der Waals surface area contributed by atoms with E-state index in [4.69, 9.17) is 16.9 Å². The van der Waals surface area contributed by atoms with E-state index in [0.717, 1.165) is 0 Å². The molecule has 4 heteroatoms. The smallest absolute Gasteiger partial charge is 0.266 e. The van der Waals surface area contributed by atoms with E-state index in [2.05, 4.69) is 16.8 Å². The summed E-state index contributed by atoms with van der Waals surface area (Å²) in [6, 6.07) is 3.35. The average Bonchev–Trinajstić information content (AvgIpc) is 2.12. The number of halogens is 1. The van der Waals surface area contributed by atoms with E-state index in [1.54, 1.807) is 0 Å². The SMILES string of the molecule is N#CCC#Cc1c[nH]c(=O)c(Cl)c1. The molecule has 1 aromatic rings. The highest BCUT2D eigenvalue weighted by Gasteiger charge is 1.94. The highest BCUT2D eigenvalue weighted by Crippen LogP contribution is 2.01. The van der Waals surface area contributed by atoms with Gasteiger partial charge in [0.15, 0.2) is 0 Å². The van der Waals surface area contributed by atoms with Gasteiger partial charge in [-0.2, -0.15) is 5.26 Å². The second-order valence-electron chi connectivity index (χ2n) is 2.20. The van der Waals surface area contributed by atoms with Crippen molar-refractivity contribution >= 4 is 11.6 Å². The van der Waals surface area contributed by atoms with Gasteiger partial charge in [0.2, 0.25) is 0 Å². The molecule has 0 saturated heterocycles. The molecule has 0 aromatic carbocycles. The van der Waals surface area contributed by atoms with Gasteiger partial charge < -0.3 is 4.98 Å². The minimum atomic E-state index is -0.340. The van der Waals surface area contributed by atoms with Crippen LogP contribution in [0.5, 0.6) is 0 Å². The van der Waals surface area contributed by atoms with Gasteiger partial charge in [0.1, 0.15) is 5.02 Å². The van der Waals surface area contributed by atoms with E-state index in [1.165, 1.54) is 12.3 Å². The minimum absolute atomic E-state index is 0.101. The van der Waals surface area contributed by atoms with E-state index in [1.807, 2.05) is 6.07 Å². The largest absolute Gasteiger partial charge is 0.327 e. The second kappa shape index (κ2) is 4.35. The Balaban J connectivity index is 2.95. The van der Waals surface area contributed by atoms with Crippen molar-refractivity contribution in [3.63, 3.8) is 0 Å². The molecule has 0 atom stereocenters. The summed E-state index contributed by atoms with van der Waals surface area (Å²) in [6.07, 6.45) is 1.62. The predicted molar refractivity (Wildman–Crippen MR) is 49.2 cm³/mol. The zero-order valence-corrected chi connectivity index (χ0v) is 7.35. The van der Waals surface area contributed by atoms with Crippen LogP contribution in [-0.2, 0) is 0 Å². The molecule has 0 aliphatic heterocycles. The zero-order chi connectivity index (χ0) is 9.68. The number of aromatic amines is 1. The molecule has 13 heavy (non-hydrogen) atoms. The molecule has 64 valence electrons. The number of rotatable bonds is 0. The van der Waals surface area contributed by atoms with Crippen molar-refractivity contribution in [1.29, 1.82) is 5.26 Å². The van der Waals surface area contributed by atoms with Crippen LogP contribution in [0.3, 0.4) is 0 Å². The van der Waals surface area contributed by atoms with Crippen molar-refractivity contribution in [2.24, 2.45) is 0 Å². The fraction of sp³-hybridized carbons (Fsp3) is 0.111. The molecule has 0 spiro atoms. The van der Waals surface area contributed by atoms with Crippen molar-refractivity contribution in [3.05, 3.63) is 33.2 Å². The maximum Gasteiger partial charge on any atom is 0.266 e. The third kappa shape index (κ3) is 2.66. The molecule has 1 rings (SSSR count). The van der Waals surface area contributed by atoms with Crippen LogP contribution >= 0.6 is 11.6 Å². The Morgan fingerprint density at radius 2 is 2.38 bits per heavy atom. The topological polar surface area (TPSA) is 56.6 Å². The Bertz CT molecular complexity index is 459. The van der Waals surface area contributed by atoms with Gasteiger partial charge in [-0.15, -0.1) is 0 Å². The summed E-state index contributed by atoms with van der Waals surface area (Å²) < 4.78 is 0. The third-order valence-electron chi connectivity index (χ3n) is 1.26. The maximum atomic E-state index is 10.8. The first kappa shape index (κ1) is 9.38. The normalized spacial score (nSPS) is 8.31. The lowest BCUT2D eigenvalue weighted by atomic mass is 10.3. The highest BCUT2D eigenvalue weighted by molar-refractivity contribution is 6.30. The van der Waals surface area contributed by atoms with Crippen LogP contribution in [0.1, 0.15) is 12.0 Å². The minimum Gasteiger partial charge on any atom is -0.327 e.